The van der Waals surface area contributed by atoms with Crippen molar-refractivity contribution in [1.82, 2.24) is 5.32 Å². The minimum absolute atomic E-state index is 0.314. The maximum absolute atomic E-state index is 5.79. The van der Waals surface area contributed by atoms with E-state index >= 15 is 0 Å². The number of para-hydroxylation sites is 1. The Kier molecular flexibility index (Phi) is 3.43. The molecule has 1 atom stereocenters. The van der Waals surface area contributed by atoms with Gasteiger partial charge < -0.3 is 10.1 Å². The molecule has 2 nitrogen and oxygen atoms in total. The number of ether oxygens (including phenoxy) is 1. The van der Waals surface area contributed by atoms with Gasteiger partial charge in [-0.05, 0) is 24.4 Å². The Morgan fingerprint density at radius 1 is 1.35 bits per heavy atom. The fourth-order valence-corrected chi connectivity index (χ4v) is 2.49. The first-order valence-corrected chi connectivity index (χ1v) is 6.43. The van der Waals surface area contributed by atoms with Crippen LogP contribution in [0.3, 0.4) is 0 Å². The second-order valence-corrected chi connectivity index (χ2v) is 6.04. The zero-order valence-electron chi connectivity index (χ0n) is 11.3. The molecule has 17 heavy (non-hydrogen) atoms. The Morgan fingerprint density at radius 3 is 2.76 bits per heavy atom. The zero-order valence-corrected chi connectivity index (χ0v) is 11.3. The van der Waals surface area contributed by atoms with Gasteiger partial charge in [-0.25, -0.2) is 0 Å². The van der Waals surface area contributed by atoms with Gasteiger partial charge >= 0.3 is 0 Å². The van der Waals surface area contributed by atoms with Crippen molar-refractivity contribution in [3.63, 3.8) is 0 Å². The molecule has 2 rings (SSSR count). The van der Waals surface area contributed by atoms with Crippen LogP contribution in [0.4, 0.5) is 0 Å². The molecule has 1 N–H and O–H groups in total. The highest BCUT2D eigenvalue weighted by molar-refractivity contribution is 5.45. The average molecular weight is 233 g/mol. The molecule has 0 radical (unpaired) electrons. The van der Waals surface area contributed by atoms with Gasteiger partial charge in [0.2, 0.25) is 0 Å². The number of rotatable bonds is 3. The van der Waals surface area contributed by atoms with Gasteiger partial charge in [-0.2, -0.15) is 0 Å². The number of hydrogen-bond donors (Lipinski definition) is 1. The molecule has 0 spiro atoms. The third kappa shape index (κ3) is 2.81. The quantitative estimate of drug-likeness (QED) is 0.864. The van der Waals surface area contributed by atoms with Crippen molar-refractivity contribution in [2.75, 3.05) is 13.7 Å². The summed E-state index contributed by atoms with van der Waals surface area (Å²) in [6.07, 6.45) is 2.17. The van der Waals surface area contributed by atoms with E-state index in [-0.39, 0.29) is 0 Å². The molecule has 94 valence electrons. The van der Waals surface area contributed by atoms with E-state index in [1.54, 1.807) is 0 Å². The predicted octanol–water partition coefficient (Wildman–Crippen LogP) is 3.32. The molecule has 1 heterocycles. The number of hydrogen-bond acceptors (Lipinski definition) is 2. The van der Waals surface area contributed by atoms with Crippen LogP contribution in [0.5, 0.6) is 5.75 Å². The second-order valence-electron chi connectivity index (χ2n) is 6.04. The lowest BCUT2D eigenvalue weighted by molar-refractivity contribution is 0.307. The molecule has 0 fully saturated rings. The maximum atomic E-state index is 5.79. The fourth-order valence-electron chi connectivity index (χ4n) is 2.49. The number of fused-ring (bicyclic) bond motifs is 1. The predicted molar refractivity (Wildman–Crippen MR) is 71.5 cm³/mol. The Hall–Kier alpha value is -1.02. The van der Waals surface area contributed by atoms with Crippen molar-refractivity contribution in [3.05, 3.63) is 29.3 Å². The minimum atomic E-state index is 0.314. The highest BCUT2D eigenvalue weighted by Crippen LogP contribution is 2.37. The molecule has 0 amide bonds. The number of nitrogens with one attached hydrogen (secondary N) is 1. The molecule has 1 unspecified atom stereocenters. The first-order chi connectivity index (χ1) is 8.01. The van der Waals surface area contributed by atoms with Gasteiger partial charge in [0.25, 0.3) is 0 Å². The first-order valence-electron chi connectivity index (χ1n) is 6.43. The van der Waals surface area contributed by atoms with Gasteiger partial charge in [-0.3, -0.25) is 0 Å². The first kappa shape index (κ1) is 12.4. The summed E-state index contributed by atoms with van der Waals surface area (Å²) in [6.45, 7) is 7.67. The highest BCUT2D eigenvalue weighted by atomic mass is 16.5. The molecule has 1 aromatic carbocycles. The van der Waals surface area contributed by atoms with Crippen molar-refractivity contribution in [2.24, 2.45) is 5.41 Å². The molecule has 2 heteroatoms. The molecule has 0 aliphatic carbocycles. The monoisotopic (exact) mass is 233 g/mol. The molecular weight excluding hydrogens is 210 g/mol. The highest BCUT2D eigenvalue weighted by Gasteiger charge is 2.24. The fraction of sp³-hybridized carbons (Fsp3) is 0.600. The van der Waals surface area contributed by atoms with E-state index in [0.717, 1.165) is 25.2 Å². The lowest BCUT2D eigenvalue weighted by atomic mass is 9.85. The van der Waals surface area contributed by atoms with Crippen molar-refractivity contribution < 1.29 is 4.74 Å². The van der Waals surface area contributed by atoms with Gasteiger partial charge in [-0.15, -0.1) is 0 Å². The molecule has 1 aliphatic heterocycles. The van der Waals surface area contributed by atoms with Crippen LogP contribution >= 0.6 is 0 Å². The van der Waals surface area contributed by atoms with Gasteiger partial charge in [0.05, 0.1) is 6.61 Å². The van der Waals surface area contributed by atoms with E-state index in [2.05, 4.69) is 44.3 Å². The Labute approximate surface area is 104 Å². The molecule has 0 saturated carbocycles. The lowest BCUT2D eigenvalue weighted by Crippen LogP contribution is -2.23. The maximum Gasteiger partial charge on any atom is 0.127 e. The van der Waals surface area contributed by atoms with E-state index < -0.39 is 0 Å². The smallest absolute Gasteiger partial charge is 0.127 e. The van der Waals surface area contributed by atoms with Gasteiger partial charge in [0.15, 0.2) is 0 Å². The molecule has 0 bridgehead atoms. The summed E-state index contributed by atoms with van der Waals surface area (Å²) in [5, 5.41) is 3.42. The normalized spacial score (nSPS) is 16.5. The van der Waals surface area contributed by atoms with Crippen molar-refractivity contribution in [1.29, 1.82) is 0 Å². The third-order valence-corrected chi connectivity index (χ3v) is 3.29. The van der Waals surface area contributed by atoms with Crippen LogP contribution in [0.1, 0.15) is 44.4 Å². The molecule has 1 aromatic rings. The van der Waals surface area contributed by atoms with Gasteiger partial charge in [-0.1, -0.05) is 39.0 Å². The Balaban J connectivity index is 2.29. The Morgan fingerprint density at radius 2 is 2.12 bits per heavy atom. The minimum Gasteiger partial charge on any atom is -0.493 e. The van der Waals surface area contributed by atoms with E-state index in [1.807, 2.05) is 7.05 Å². The summed E-state index contributed by atoms with van der Waals surface area (Å²) in [6, 6.07) is 6.89. The summed E-state index contributed by atoms with van der Waals surface area (Å²) in [5.74, 6) is 1.12. The molecule has 0 aromatic heterocycles. The lowest BCUT2D eigenvalue weighted by Gasteiger charge is -2.27. The van der Waals surface area contributed by atoms with Crippen LogP contribution in [0.2, 0.25) is 0 Å². The molecule has 1 aliphatic rings. The van der Waals surface area contributed by atoms with E-state index in [0.29, 0.717) is 11.5 Å². The SMILES string of the molecule is CNC(CC(C)(C)C)c1cccc2c1OCC2. The van der Waals surface area contributed by atoms with Crippen molar-refractivity contribution in [2.45, 2.75) is 39.7 Å². The van der Waals surface area contributed by atoms with E-state index in [9.17, 15) is 0 Å². The summed E-state index contributed by atoms with van der Waals surface area (Å²) >= 11 is 0. The van der Waals surface area contributed by atoms with Crippen LogP contribution in [0, 0.1) is 5.41 Å². The summed E-state index contributed by atoms with van der Waals surface area (Å²) in [5.41, 5.74) is 2.99. The van der Waals surface area contributed by atoms with Gasteiger partial charge in [0, 0.05) is 18.0 Å². The van der Waals surface area contributed by atoms with E-state index in [1.165, 1.54) is 11.1 Å². The van der Waals surface area contributed by atoms with Crippen LogP contribution in [-0.4, -0.2) is 13.7 Å². The van der Waals surface area contributed by atoms with E-state index in [4.69, 9.17) is 4.74 Å². The third-order valence-electron chi connectivity index (χ3n) is 3.29. The largest absolute Gasteiger partial charge is 0.493 e. The topological polar surface area (TPSA) is 21.3 Å². The zero-order chi connectivity index (χ0) is 12.5. The summed E-state index contributed by atoms with van der Waals surface area (Å²) in [7, 11) is 2.03. The number of benzene rings is 1. The van der Waals surface area contributed by atoms with Crippen LogP contribution in [0.15, 0.2) is 18.2 Å². The standard InChI is InChI=1S/C15H23NO/c1-15(2,3)10-13(16-4)12-7-5-6-11-8-9-17-14(11)12/h5-7,13,16H,8-10H2,1-4H3. The summed E-state index contributed by atoms with van der Waals surface area (Å²) < 4.78 is 5.79. The second kappa shape index (κ2) is 4.69. The van der Waals surface area contributed by atoms with Crippen molar-refractivity contribution in [3.8, 4) is 5.75 Å². The van der Waals surface area contributed by atoms with Crippen LogP contribution in [0.25, 0.3) is 0 Å². The molecule has 0 saturated heterocycles. The van der Waals surface area contributed by atoms with Gasteiger partial charge in [0.1, 0.15) is 5.75 Å². The Bertz CT molecular complexity index is 392. The van der Waals surface area contributed by atoms with Crippen molar-refractivity contribution >= 4 is 0 Å². The van der Waals surface area contributed by atoms with Crippen LogP contribution in [-0.2, 0) is 6.42 Å². The average Bonchev–Trinajstić information content (AvgIpc) is 2.72. The molecular formula is C15H23NO. The summed E-state index contributed by atoms with van der Waals surface area (Å²) in [4.78, 5) is 0. The van der Waals surface area contributed by atoms with Crippen LogP contribution < -0.4 is 10.1 Å².